The standard InChI is InChI=1S/C28H26N4O4/c1-29-28(34)25-4-2-3-20-17-22(9-10-24(20)25)36-23-11-12-30-26(18-23)31-27(33)19-5-7-21(8-6-19)32-13-15-35-16-14-32/h2-12,17-18H,13-16H2,1H3,(H,29,34)(H,30,31,33). The Labute approximate surface area is 208 Å². The lowest BCUT2D eigenvalue weighted by atomic mass is 10.0. The zero-order valence-corrected chi connectivity index (χ0v) is 19.9. The molecule has 1 aromatic heterocycles. The predicted octanol–water partition coefficient (Wildman–Crippen LogP) is 4.48. The third-order valence-electron chi connectivity index (χ3n) is 6.04. The second-order valence-corrected chi connectivity index (χ2v) is 8.35. The normalized spacial score (nSPS) is 13.3. The van der Waals surface area contributed by atoms with Gasteiger partial charge in [-0.1, -0.05) is 12.1 Å². The maximum Gasteiger partial charge on any atom is 0.256 e. The summed E-state index contributed by atoms with van der Waals surface area (Å²) in [4.78, 5) is 31.4. The van der Waals surface area contributed by atoms with Crippen molar-refractivity contribution in [2.45, 2.75) is 0 Å². The van der Waals surface area contributed by atoms with E-state index in [1.807, 2.05) is 54.6 Å². The Kier molecular flexibility index (Phi) is 6.77. The highest BCUT2D eigenvalue weighted by Crippen LogP contribution is 2.28. The van der Waals surface area contributed by atoms with E-state index in [0.717, 1.165) is 29.5 Å². The minimum Gasteiger partial charge on any atom is -0.457 e. The van der Waals surface area contributed by atoms with Gasteiger partial charge in [0.05, 0.1) is 13.2 Å². The van der Waals surface area contributed by atoms with E-state index in [-0.39, 0.29) is 11.8 Å². The topological polar surface area (TPSA) is 92.8 Å². The smallest absolute Gasteiger partial charge is 0.256 e. The van der Waals surface area contributed by atoms with Crippen molar-refractivity contribution in [2.75, 3.05) is 43.6 Å². The van der Waals surface area contributed by atoms with Crippen LogP contribution in [0.5, 0.6) is 11.5 Å². The van der Waals surface area contributed by atoms with Gasteiger partial charge < -0.3 is 25.0 Å². The monoisotopic (exact) mass is 482 g/mol. The molecule has 8 nitrogen and oxygen atoms in total. The molecule has 3 aromatic carbocycles. The molecule has 0 saturated carbocycles. The van der Waals surface area contributed by atoms with Crippen LogP contribution >= 0.6 is 0 Å². The van der Waals surface area contributed by atoms with Gasteiger partial charge in [-0.3, -0.25) is 9.59 Å². The number of carbonyl (C=O) groups excluding carboxylic acids is 2. The first-order valence-electron chi connectivity index (χ1n) is 11.7. The molecule has 0 unspecified atom stereocenters. The second-order valence-electron chi connectivity index (χ2n) is 8.35. The van der Waals surface area contributed by atoms with E-state index in [9.17, 15) is 9.59 Å². The van der Waals surface area contributed by atoms with Crippen LogP contribution in [0.3, 0.4) is 0 Å². The Morgan fingerprint density at radius 2 is 1.69 bits per heavy atom. The Hall–Kier alpha value is -4.43. The molecule has 4 aromatic rings. The first-order valence-corrected chi connectivity index (χ1v) is 11.7. The summed E-state index contributed by atoms with van der Waals surface area (Å²) in [6.07, 6.45) is 1.58. The zero-order valence-electron chi connectivity index (χ0n) is 19.9. The fourth-order valence-corrected chi connectivity index (χ4v) is 4.17. The maximum absolute atomic E-state index is 12.8. The van der Waals surface area contributed by atoms with E-state index in [2.05, 4.69) is 20.5 Å². The van der Waals surface area contributed by atoms with E-state index in [1.54, 1.807) is 31.4 Å². The van der Waals surface area contributed by atoms with E-state index < -0.39 is 0 Å². The molecular formula is C28H26N4O4. The van der Waals surface area contributed by atoms with Gasteiger partial charge in [0, 0.05) is 49.2 Å². The number of pyridine rings is 1. The molecule has 0 radical (unpaired) electrons. The lowest BCUT2D eigenvalue weighted by Crippen LogP contribution is -2.36. The summed E-state index contributed by atoms with van der Waals surface area (Å²) >= 11 is 0. The lowest BCUT2D eigenvalue weighted by molar-refractivity contribution is 0.0963. The van der Waals surface area contributed by atoms with Crippen LogP contribution < -0.4 is 20.3 Å². The van der Waals surface area contributed by atoms with Gasteiger partial charge in [0.25, 0.3) is 11.8 Å². The SMILES string of the molecule is CNC(=O)c1cccc2cc(Oc3ccnc(NC(=O)c4ccc(N5CCOCC5)cc4)c3)ccc12. The molecule has 0 bridgehead atoms. The average Bonchev–Trinajstić information content (AvgIpc) is 2.93. The van der Waals surface area contributed by atoms with E-state index in [0.29, 0.717) is 41.7 Å². The summed E-state index contributed by atoms with van der Waals surface area (Å²) < 4.78 is 11.4. The van der Waals surface area contributed by atoms with Crippen molar-refractivity contribution in [3.63, 3.8) is 0 Å². The third kappa shape index (κ3) is 5.13. The zero-order chi connectivity index (χ0) is 24.9. The Morgan fingerprint density at radius 3 is 2.47 bits per heavy atom. The number of nitrogens with zero attached hydrogens (tertiary/aromatic N) is 2. The second kappa shape index (κ2) is 10.5. The average molecular weight is 483 g/mol. The first kappa shape index (κ1) is 23.3. The van der Waals surface area contributed by atoms with Crippen LogP contribution in [0.1, 0.15) is 20.7 Å². The summed E-state index contributed by atoms with van der Waals surface area (Å²) in [5.41, 5.74) is 2.22. The van der Waals surface area contributed by atoms with Gasteiger partial charge in [0.2, 0.25) is 0 Å². The Bertz CT molecular complexity index is 1400. The number of carbonyl (C=O) groups is 2. The number of nitrogens with one attached hydrogen (secondary N) is 2. The fourth-order valence-electron chi connectivity index (χ4n) is 4.17. The highest BCUT2D eigenvalue weighted by molar-refractivity contribution is 6.07. The number of hydrogen-bond donors (Lipinski definition) is 2. The van der Waals surface area contributed by atoms with Crippen LogP contribution in [-0.2, 0) is 4.74 Å². The van der Waals surface area contributed by atoms with Crippen LogP contribution in [0.2, 0.25) is 0 Å². The number of hydrogen-bond acceptors (Lipinski definition) is 6. The van der Waals surface area contributed by atoms with Gasteiger partial charge in [0.1, 0.15) is 17.3 Å². The van der Waals surface area contributed by atoms with Crippen LogP contribution in [0.25, 0.3) is 10.8 Å². The largest absolute Gasteiger partial charge is 0.457 e. The summed E-state index contributed by atoms with van der Waals surface area (Å²) in [5.74, 6) is 1.14. The third-order valence-corrected chi connectivity index (χ3v) is 6.04. The van der Waals surface area contributed by atoms with Crippen LogP contribution in [0.15, 0.2) is 79.0 Å². The van der Waals surface area contributed by atoms with Gasteiger partial charge in [-0.05, 0) is 65.4 Å². The quantitative estimate of drug-likeness (QED) is 0.421. The van der Waals surface area contributed by atoms with Gasteiger partial charge in [0.15, 0.2) is 0 Å². The van der Waals surface area contributed by atoms with E-state index in [4.69, 9.17) is 9.47 Å². The van der Waals surface area contributed by atoms with Crippen LogP contribution in [0.4, 0.5) is 11.5 Å². The van der Waals surface area contributed by atoms with Crippen molar-refractivity contribution in [2.24, 2.45) is 0 Å². The Morgan fingerprint density at radius 1 is 0.917 bits per heavy atom. The minimum atomic E-state index is -0.249. The minimum absolute atomic E-state index is 0.139. The van der Waals surface area contributed by atoms with Gasteiger partial charge in [-0.2, -0.15) is 0 Å². The van der Waals surface area contributed by atoms with Gasteiger partial charge in [-0.15, -0.1) is 0 Å². The Balaban J connectivity index is 1.27. The molecule has 1 aliphatic heterocycles. The fraction of sp³-hybridized carbons (Fsp3) is 0.179. The summed E-state index contributed by atoms with van der Waals surface area (Å²) in [6.45, 7) is 3.11. The molecule has 36 heavy (non-hydrogen) atoms. The van der Waals surface area contributed by atoms with Crippen molar-refractivity contribution in [1.29, 1.82) is 0 Å². The number of amides is 2. The number of benzene rings is 3. The summed E-state index contributed by atoms with van der Waals surface area (Å²) in [5, 5.41) is 7.22. The molecule has 2 amide bonds. The van der Waals surface area contributed by atoms with Crippen molar-refractivity contribution in [1.82, 2.24) is 10.3 Å². The van der Waals surface area contributed by atoms with Gasteiger partial charge in [-0.25, -0.2) is 4.98 Å². The number of aromatic nitrogens is 1. The predicted molar refractivity (Wildman–Crippen MR) is 139 cm³/mol. The van der Waals surface area contributed by atoms with Crippen molar-refractivity contribution < 1.29 is 19.1 Å². The molecule has 1 saturated heterocycles. The molecular weight excluding hydrogens is 456 g/mol. The molecule has 1 fully saturated rings. The molecule has 182 valence electrons. The van der Waals surface area contributed by atoms with Crippen LogP contribution in [0, 0.1) is 0 Å². The number of rotatable bonds is 6. The molecule has 2 heterocycles. The number of fused-ring (bicyclic) bond motifs is 1. The van der Waals surface area contributed by atoms with Crippen molar-refractivity contribution >= 4 is 34.1 Å². The van der Waals surface area contributed by atoms with Crippen molar-refractivity contribution in [3.05, 3.63) is 90.1 Å². The summed E-state index contributed by atoms with van der Waals surface area (Å²) in [6, 6.07) is 22.0. The molecule has 8 heteroatoms. The van der Waals surface area contributed by atoms with Crippen LogP contribution in [-0.4, -0.2) is 50.1 Å². The molecule has 0 aliphatic carbocycles. The molecule has 0 spiro atoms. The highest BCUT2D eigenvalue weighted by atomic mass is 16.5. The first-order chi connectivity index (χ1) is 17.6. The molecule has 0 atom stereocenters. The molecule has 1 aliphatic rings. The molecule has 2 N–H and O–H groups in total. The van der Waals surface area contributed by atoms with E-state index in [1.165, 1.54) is 0 Å². The number of anilines is 2. The summed E-state index contributed by atoms with van der Waals surface area (Å²) in [7, 11) is 1.61. The number of morpholine rings is 1. The number of ether oxygens (including phenoxy) is 2. The lowest BCUT2D eigenvalue weighted by Gasteiger charge is -2.28. The highest BCUT2D eigenvalue weighted by Gasteiger charge is 2.13. The van der Waals surface area contributed by atoms with Gasteiger partial charge >= 0.3 is 0 Å². The van der Waals surface area contributed by atoms with E-state index >= 15 is 0 Å². The van der Waals surface area contributed by atoms with Crippen molar-refractivity contribution in [3.8, 4) is 11.5 Å². The molecule has 5 rings (SSSR count). The maximum atomic E-state index is 12.8.